The minimum absolute atomic E-state index is 0.0704. The summed E-state index contributed by atoms with van der Waals surface area (Å²) in [6.07, 6.45) is 2.10. The number of nitrogens with zero attached hydrogens (tertiary/aromatic N) is 2. The summed E-state index contributed by atoms with van der Waals surface area (Å²) in [4.78, 5) is 53.1. The molecule has 6 atom stereocenters. The Kier molecular flexibility index (Phi) is 5.23. The van der Waals surface area contributed by atoms with Gasteiger partial charge in [-0.15, -0.1) is 23.2 Å². The molecule has 2 aliphatic heterocycles. The van der Waals surface area contributed by atoms with Crippen LogP contribution in [0.2, 0.25) is 0 Å². The second kappa shape index (κ2) is 7.82. The van der Waals surface area contributed by atoms with Crippen molar-refractivity contribution in [1.29, 1.82) is 0 Å². The standard InChI is InChI=1S/C29H28Cl2N2O5/c1-27(2,3)33-23(35)17-11-10-16-18(20(17)24(33)36)13-28(30)25(37)32(4)26(38)29(28,31)22(16)21-15-8-6-5-7-14(15)9-12-19(21)34/h5-10,12,17-18,20,22,34H,11,13H2,1-4H3. The summed E-state index contributed by atoms with van der Waals surface area (Å²) in [5.41, 5.74) is 0.331. The van der Waals surface area contributed by atoms with E-state index in [1.54, 1.807) is 12.1 Å². The van der Waals surface area contributed by atoms with Crippen molar-refractivity contribution in [1.82, 2.24) is 9.80 Å². The summed E-state index contributed by atoms with van der Waals surface area (Å²) < 4.78 is 0. The van der Waals surface area contributed by atoms with Crippen molar-refractivity contribution in [3.05, 3.63) is 53.6 Å². The minimum Gasteiger partial charge on any atom is -0.508 e. The number of benzene rings is 2. The number of phenolic OH excluding ortho intramolecular Hbond substituents is 1. The quantitative estimate of drug-likeness (QED) is 0.321. The molecule has 0 aromatic heterocycles. The maximum Gasteiger partial charge on any atom is 0.253 e. The van der Waals surface area contributed by atoms with Crippen molar-refractivity contribution >= 4 is 57.6 Å². The Hall–Kier alpha value is -2.90. The van der Waals surface area contributed by atoms with Crippen LogP contribution in [-0.2, 0) is 19.2 Å². The monoisotopic (exact) mass is 554 g/mol. The van der Waals surface area contributed by atoms with Gasteiger partial charge in [0.1, 0.15) is 5.75 Å². The lowest BCUT2D eigenvalue weighted by atomic mass is 9.56. The Bertz CT molecular complexity index is 1500. The molecular formula is C29H28Cl2N2O5. The number of rotatable bonds is 1. The van der Waals surface area contributed by atoms with Crippen LogP contribution in [0.3, 0.4) is 0 Å². The number of amides is 4. The first-order valence-corrected chi connectivity index (χ1v) is 13.5. The summed E-state index contributed by atoms with van der Waals surface area (Å²) in [6, 6.07) is 10.7. The van der Waals surface area contributed by atoms with E-state index in [1.165, 1.54) is 11.9 Å². The average molecular weight is 555 g/mol. The first kappa shape index (κ1) is 25.4. The van der Waals surface area contributed by atoms with E-state index in [0.717, 1.165) is 10.3 Å². The van der Waals surface area contributed by atoms with Crippen molar-refractivity contribution in [3.63, 3.8) is 0 Å². The van der Waals surface area contributed by atoms with Crippen LogP contribution >= 0.6 is 23.2 Å². The van der Waals surface area contributed by atoms with Gasteiger partial charge in [-0.1, -0.05) is 42.0 Å². The molecule has 7 nitrogen and oxygen atoms in total. The molecular weight excluding hydrogens is 527 g/mol. The predicted octanol–water partition coefficient (Wildman–Crippen LogP) is 4.33. The third-order valence-electron chi connectivity index (χ3n) is 8.92. The molecule has 0 bridgehead atoms. The zero-order valence-corrected chi connectivity index (χ0v) is 23.0. The first-order chi connectivity index (χ1) is 17.7. The third kappa shape index (κ3) is 2.92. The number of alkyl halides is 2. The van der Waals surface area contributed by atoms with Gasteiger partial charge in [-0.3, -0.25) is 29.0 Å². The Balaban J connectivity index is 1.63. The molecule has 2 heterocycles. The molecule has 4 amide bonds. The van der Waals surface area contributed by atoms with Crippen molar-refractivity contribution < 1.29 is 24.3 Å². The fourth-order valence-corrected chi connectivity index (χ4v) is 8.31. The summed E-state index contributed by atoms with van der Waals surface area (Å²) in [7, 11) is 1.35. The zero-order valence-electron chi connectivity index (χ0n) is 21.5. The van der Waals surface area contributed by atoms with Crippen molar-refractivity contribution in [2.24, 2.45) is 17.8 Å². The van der Waals surface area contributed by atoms with Crippen LogP contribution in [0, 0.1) is 17.8 Å². The number of imide groups is 2. The number of carbonyl (C=O) groups excluding carboxylic acids is 4. The molecule has 38 heavy (non-hydrogen) atoms. The van der Waals surface area contributed by atoms with Crippen molar-refractivity contribution in [2.75, 3.05) is 7.05 Å². The Labute approximate surface area is 230 Å². The maximum absolute atomic E-state index is 13.9. The van der Waals surface area contributed by atoms with E-state index in [-0.39, 0.29) is 30.4 Å². The van der Waals surface area contributed by atoms with Crippen LogP contribution < -0.4 is 0 Å². The lowest BCUT2D eigenvalue weighted by Gasteiger charge is -2.51. The lowest BCUT2D eigenvalue weighted by Crippen LogP contribution is -2.60. The molecule has 1 N–H and O–H groups in total. The van der Waals surface area contributed by atoms with E-state index in [9.17, 15) is 24.3 Å². The van der Waals surface area contributed by atoms with E-state index < -0.39 is 50.8 Å². The zero-order chi connectivity index (χ0) is 27.5. The summed E-state index contributed by atoms with van der Waals surface area (Å²) in [5, 5.41) is 12.7. The number of aromatic hydroxyl groups is 1. The molecule has 9 heteroatoms. The van der Waals surface area contributed by atoms with Crippen LogP contribution in [0.4, 0.5) is 0 Å². The number of hydrogen-bond acceptors (Lipinski definition) is 5. The Morgan fingerprint density at radius 1 is 0.947 bits per heavy atom. The highest BCUT2D eigenvalue weighted by atomic mass is 35.5. The number of halogens is 2. The molecule has 198 valence electrons. The number of phenols is 1. The number of allylic oxidation sites excluding steroid dienone is 2. The molecule has 3 fully saturated rings. The van der Waals surface area contributed by atoms with Gasteiger partial charge in [0.25, 0.3) is 11.8 Å². The van der Waals surface area contributed by atoms with E-state index in [4.69, 9.17) is 23.2 Å². The Morgan fingerprint density at radius 2 is 1.63 bits per heavy atom. The second-order valence-corrected chi connectivity index (χ2v) is 13.1. The van der Waals surface area contributed by atoms with Gasteiger partial charge in [0.15, 0.2) is 9.75 Å². The number of carbonyl (C=O) groups is 4. The Morgan fingerprint density at radius 3 is 2.32 bits per heavy atom. The number of fused-ring (bicyclic) bond motifs is 5. The van der Waals surface area contributed by atoms with Crippen LogP contribution in [-0.4, -0.2) is 60.9 Å². The second-order valence-electron chi connectivity index (χ2n) is 11.9. The molecule has 0 radical (unpaired) electrons. The molecule has 6 unspecified atom stereocenters. The highest BCUT2D eigenvalue weighted by molar-refractivity contribution is 6.53. The van der Waals surface area contributed by atoms with Crippen molar-refractivity contribution in [3.8, 4) is 5.75 Å². The van der Waals surface area contributed by atoms with Crippen molar-refractivity contribution in [2.45, 2.75) is 54.8 Å². The van der Waals surface area contributed by atoms with Gasteiger partial charge in [0, 0.05) is 24.1 Å². The minimum atomic E-state index is -1.94. The molecule has 2 aliphatic carbocycles. The van der Waals surface area contributed by atoms with Gasteiger partial charge in [-0.25, -0.2) is 0 Å². The molecule has 2 aromatic carbocycles. The average Bonchev–Trinajstić information content (AvgIpc) is 3.20. The summed E-state index contributed by atoms with van der Waals surface area (Å²) in [5.74, 6) is -4.89. The molecule has 1 saturated carbocycles. The van der Waals surface area contributed by atoms with Gasteiger partial charge < -0.3 is 5.11 Å². The van der Waals surface area contributed by atoms with Gasteiger partial charge in [0.2, 0.25) is 11.8 Å². The molecule has 2 aromatic rings. The van der Waals surface area contributed by atoms with E-state index in [2.05, 4.69) is 0 Å². The van der Waals surface area contributed by atoms with Crippen LogP contribution in [0.15, 0.2) is 48.0 Å². The topological polar surface area (TPSA) is 95.0 Å². The van der Waals surface area contributed by atoms with Crippen LogP contribution in [0.25, 0.3) is 10.8 Å². The SMILES string of the molecule is CN1C(=O)C2(Cl)CC3C(=CCC4C(=O)N(C(C)(C)C)C(=O)C43)C(c3c(O)ccc4ccccc34)C2(Cl)C1=O. The fraction of sp³-hybridized carbons (Fsp3) is 0.448. The molecule has 4 aliphatic rings. The van der Waals surface area contributed by atoms with Crippen LogP contribution in [0.1, 0.15) is 45.1 Å². The number of likely N-dealkylation sites (tertiary alicyclic amines) is 2. The lowest BCUT2D eigenvalue weighted by molar-refractivity contribution is -0.146. The summed E-state index contributed by atoms with van der Waals surface area (Å²) in [6.45, 7) is 5.44. The van der Waals surface area contributed by atoms with Crippen LogP contribution in [0.5, 0.6) is 5.75 Å². The molecule has 6 rings (SSSR count). The third-order valence-corrected chi connectivity index (χ3v) is 10.3. The molecule has 0 spiro atoms. The van der Waals surface area contributed by atoms with Gasteiger partial charge in [-0.05, 0) is 56.4 Å². The van der Waals surface area contributed by atoms with E-state index in [1.807, 2.05) is 51.1 Å². The normalized spacial score (nSPS) is 34.9. The van der Waals surface area contributed by atoms with Gasteiger partial charge in [0.05, 0.1) is 11.8 Å². The van der Waals surface area contributed by atoms with Gasteiger partial charge in [-0.2, -0.15) is 0 Å². The summed E-state index contributed by atoms with van der Waals surface area (Å²) >= 11 is 14.5. The fourth-order valence-electron chi connectivity index (χ4n) is 7.31. The largest absolute Gasteiger partial charge is 0.508 e. The van der Waals surface area contributed by atoms with Gasteiger partial charge >= 0.3 is 0 Å². The highest BCUT2D eigenvalue weighted by Gasteiger charge is 2.76. The molecule has 2 saturated heterocycles. The highest BCUT2D eigenvalue weighted by Crippen LogP contribution is 2.66. The van der Waals surface area contributed by atoms with E-state index >= 15 is 0 Å². The predicted molar refractivity (Wildman–Crippen MR) is 143 cm³/mol. The maximum atomic E-state index is 13.9. The smallest absolute Gasteiger partial charge is 0.253 e. The van der Waals surface area contributed by atoms with E-state index in [0.29, 0.717) is 16.5 Å². The first-order valence-electron chi connectivity index (χ1n) is 12.7. The number of hydrogen-bond donors (Lipinski definition) is 1.